The fraction of sp³-hybridized carbons (Fsp3) is 0.318. The Morgan fingerprint density at radius 1 is 1.21 bits per heavy atom. The van der Waals surface area contributed by atoms with Crippen molar-refractivity contribution in [2.24, 2.45) is 4.99 Å². The van der Waals surface area contributed by atoms with E-state index in [1.165, 1.54) is 5.56 Å². The quantitative estimate of drug-likeness (QED) is 0.227. The van der Waals surface area contributed by atoms with Gasteiger partial charge in [0.15, 0.2) is 5.96 Å². The molecule has 3 N–H and O–H groups in total. The summed E-state index contributed by atoms with van der Waals surface area (Å²) in [4.78, 5) is 4.65. The highest BCUT2D eigenvalue weighted by atomic mass is 127. The zero-order valence-corrected chi connectivity index (χ0v) is 19.8. The lowest BCUT2D eigenvalue weighted by Crippen LogP contribution is -2.41. The van der Waals surface area contributed by atoms with Crippen molar-refractivity contribution in [3.63, 3.8) is 0 Å². The van der Waals surface area contributed by atoms with Crippen molar-refractivity contribution in [3.05, 3.63) is 82.4 Å². The van der Waals surface area contributed by atoms with Crippen molar-refractivity contribution < 1.29 is 9.52 Å². The SMILES string of the molecule is CC(NC(=NCC(C)(O)c1ccsc1)NCCc1ccco1)c1ccccc1.I. The van der Waals surface area contributed by atoms with Gasteiger partial charge in [-0.05, 0) is 53.9 Å². The lowest BCUT2D eigenvalue weighted by atomic mass is 10.00. The van der Waals surface area contributed by atoms with Crippen LogP contribution < -0.4 is 10.6 Å². The summed E-state index contributed by atoms with van der Waals surface area (Å²) in [6, 6.07) is 16.1. The summed E-state index contributed by atoms with van der Waals surface area (Å²) < 4.78 is 5.39. The Labute approximate surface area is 193 Å². The van der Waals surface area contributed by atoms with Crippen molar-refractivity contribution in [1.82, 2.24) is 10.6 Å². The molecule has 2 unspecified atom stereocenters. The van der Waals surface area contributed by atoms with Gasteiger partial charge in [-0.3, -0.25) is 0 Å². The molecule has 156 valence electrons. The number of guanidine groups is 1. The summed E-state index contributed by atoms with van der Waals surface area (Å²) in [5, 5.41) is 21.5. The highest BCUT2D eigenvalue weighted by Crippen LogP contribution is 2.23. The van der Waals surface area contributed by atoms with Gasteiger partial charge in [-0.2, -0.15) is 11.3 Å². The Morgan fingerprint density at radius 3 is 2.66 bits per heavy atom. The van der Waals surface area contributed by atoms with E-state index >= 15 is 0 Å². The van der Waals surface area contributed by atoms with E-state index in [0.717, 1.165) is 17.7 Å². The van der Waals surface area contributed by atoms with Crippen LogP contribution in [0.25, 0.3) is 0 Å². The molecule has 0 aliphatic heterocycles. The first-order valence-corrected chi connectivity index (χ1v) is 10.4. The van der Waals surface area contributed by atoms with Gasteiger partial charge in [0.25, 0.3) is 0 Å². The van der Waals surface area contributed by atoms with Crippen LogP contribution in [0.15, 0.2) is 75.0 Å². The van der Waals surface area contributed by atoms with E-state index < -0.39 is 5.60 Å². The molecule has 0 spiro atoms. The van der Waals surface area contributed by atoms with Crippen molar-refractivity contribution in [2.45, 2.75) is 31.9 Å². The monoisotopic (exact) mass is 525 g/mol. The van der Waals surface area contributed by atoms with Gasteiger partial charge in [-0.15, -0.1) is 24.0 Å². The molecule has 0 radical (unpaired) electrons. The van der Waals surface area contributed by atoms with Gasteiger partial charge in [0, 0.05) is 13.0 Å². The molecule has 0 saturated heterocycles. The average molecular weight is 525 g/mol. The van der Waals surface area contributed by atoms with Gasteiger partial charge in [0.05, 0.1) is 18.8 Å². The molecule has 5 nitrogen and oxygen atoms in total. The molecule has 29 heavy (non-hydrogen) atoms. The minimum absolute atomic E-state index is 0. The fourth-order valence-corrected chi connectivity index (χ4v) is 3.62. The first-order valence-electron chi connectivity index (χ1n) is 9.42. The summed E-state index contributed by atoms with van der Waals surface area (Å²) in [7, 11) is 0. The molecule has 0 saturated carbocycles. The predicted octanol–water partition coefficient (Wildman–Crippen LogP) is 4.71. The van der Waals surface area contributed by atoms with E-state index in [9.17, 15) is 5.11 Å². The van der Waals surface area contributed by atoms with Gasteiger partial charge in [0.1, 0.15) is 11.4 Å². The number of hydrogen-bond acceptors (Lipinski definition) is 4. The first kappa shape index (κ1) is 23.4. The van der Waals surface area contributed by atoms with Crippen molar-refractivity contribution >= 4 is 41.3 Å². The predicted molar refractivity (Wildman–Crippen MR) is 130 cm³/mol. The van der Waals surface area contributed by atoms with Crippen LogP contribution in [-0.2, 0) is 12.0 Å². The number of benzene rings is 1. The minimum Gasteiger partial charge on any atom is -0.469 e. The van der Waals surface area contributed by atoms with Gasteiger partial charge in [-0.25, -0.2) is 4.99 Å². The molecule has 0 aliphatic carbocycles. The van der Waals surface area contributed by atoms with E-state index in [0.29, 0.717) is 12.5 Å². The summed E-state index contributed by atoms with van der Waals surface area (Å²) in [6.45, 7) is 4.83. The minimum atomic E-state index is -1.01. The number of furan rings is 1. The topological polar surface area (TPSA) is 69.8 Å². The molecule has 2 aromatic heterocycles. The molecule has 1 aromatic carbocycles. The standard InChI is InChI=1S/C22H27N3O2S.HI/c1-17(18-7-4-3-5-8-18)25-21(23-12-10-20-9-6-13-27-20)24-16-22(2,26)19-11-14-28-15-19;/h3-9,11,13-15,17,26H,10,12,16H2,1-2H3,(H2,23,24,25);1H. The highest BCUT2D eigenvalue weighted by Gasteiger charge is 2.23. The third-order valence-corrected chi connectivity index (χ3v) is 5.27. The molecule has 3 rings (SSSR count). The number of thiophene rings is 1. The van der Waals surface area contributed by atoms with E-state index in [2.05, 4.69) is 34.7 Å². The summed E-state index contributed by atoms with van der Waals surface area (Å²) in [5.74, 6) is 1.59. The molecule has 3 aromatic rings. The van der Waals surface area contributed by atoms with E-state index in [-0.39, 0.29) is 36.6 Å². The number of nitrogens with one attached hydrogen (secondary N) is 2. The normalized spacial score (nSPS) is 14.5. The fourth-order valence-electron chi connectivity index (χ4n) is 2.84. The summed E-state index contributed by atoms with van der Waals surface area (Å²) >= 11 is 1.57. The third kappa shape index (κ3) is 7.17. The number of rotatable bonds is 8. The first-order chi connectivity index (χ1) is 13.5. The summed E-state index contributed by atoms with van der Waals surface area (Å²) in [6.07, 6.45) is 2.44. The van der Waals surface area contributed by atoms with Crippen LogP contribution in [0.2, 0.25) is 0 Å². The van der Waals surface area contributed by atoms with Crippen LogP contribution in [-0.4, -0.2) is 24.2 Å². The maximum atomic E-state index is 10.8. The second kappa shape index (κ2) is 11.4. The molecule has 2 heterocycles. The van der Waals surface area contributed by atoms with Crippen molar-refractivity contribution in [1.29, 1.82) is 0 Å². The molecule has 2 atom stereocenters. The van der Waals surface area contributed by atoms with Crippen LogP contribution >= 0.6 is 35.3 Å². The second-order valence-corrected chi connectivity index (χ2v) is 7.76. The zero-order valence-electron chi connectivity index (χ0n) is 16.7. The average Bonchev–Trinajstić information content (AvgIpc) is 3.41. The lowest BCUT2D eigenvalue weighted by Gasteiger charge is -2.23. The van der Waals surface area contributed by atoms with Gasteiger partial charge < -0.3 is 20.2 Å². The lowest BCUT2D eigenvalue weighted by molar-refractivity contribution is 0.0677. The number of aliphatic hydroxyl groups is 1. The van der Waals surface area contributed by atoms with E-state index in [1.807, 2.05) is 47.2 Å². The maximum Gasteiger partial charge on any atom is 0.191 e. The molecule has 0 fully saturated rings. The maximum absolute atomic E-state index is 10.8. The zero-order chi connectivity index (χ0) is 19.8. The number of halogens is 1. The Bertz CT molecular complexity index is 850. The molecular formula is C22H28IN3O2S. The Hall–Kier alpha value is -1.84. The number of nitrogens with zero attached hydrogens (tertiary/aromatic N) is 1. The van der Waals surface area contributed by atoms with Gasteiger partial charge >= 0.3 is 0 Å². The number of hydrogen-bond donors (Lipinski definition) is 3. The number of aliphatic imine (C=N–C) groups is 1. The van der Waals surface area contributed by atoms with Gasteiger partial charge in [-0.1, -0.05) is 30.3 Å². The largest absolute Gasteiger partial charge is 0.469 e. The molecule has 0 aliphatic rings. The third-order valence-electron chi connectivity index (χ3n) is 4.58. The Balaban J connectivity index is 0.00000300. The summed E-state index contributed by atoms with van der Waals surface area (Å²) in [5.41, 5.74) is 1.05. The van der Waals surface area contributed by atoms with Crippen LogP contribution in [0, 0.1) is 0 Å². The van der Waals surface area contributed by atoms with Crippen LogP contribution in [0.5, 0.6) is 0 Å². The van der Waals surface area contributed by atoms with Crippen LogP contribution in [0.1, 0.15) is 36.8 Å². The van der Waals surface area contributed by atoms with E-state index in [4.69, 9.17) is 4.42 Å². The second-order valence-electron chi connectivity index (χ2n) is 6.98. The molecule has 0 amide bonds. The van der Waals surface area contributed by atoms with Crippen molar-refractivity contribution in [3.8, 4) is 0 Å². The smallest absolute Gasteiger partial charge is 0.191 e. The highest BCUT2D eigenvalue weighted by molar-refractivity contribution is 14.0. The molecule has 0 bridgehead atoms. The van der Waals surface area contributed by atoms with Crippen LogP contribution in [0.3, 0.4) is 0 Å². The van der Waals surface area contributed by atoms with Crippen molar-refractivity contribution in [2.75, 3.05) is 13.1 Å². The van der Waals surface area contributed by atoms with Gasteiger partial charge in [0.2, 0.25) is 0 Å². The Morgan fingerprint density at radius 2 is 2.00 bits per heavy atom. The molecular weight excluding hydrogens is 497 g/mol. The van der Waals surface area contributed by atoms with E-state index in [1.54, 1.807) is 24.5 Å². The molecule has 7 heteroatoms. The van der Waals surface area contributed by atoms with Crippen LogP contribution in [0.4, 0.5) is 0 Å². The Kier molecular flexibility index (Phi) is 9.19.